The van der Waals surface area contributed by atoms with Crippen LogP contribution in [0.5, 0.6) is 0 Å². The molecule has 0 spiro atoms. The molecule has 2 N–H and O–H groups in total. The molecular weight excluding hydrogens is 376 g/mol. The van der Waals surface area contributed by atoms with Gasteiger partial charge >= 0.3 is 0 Å². The molecule has 0 aliphatic heterocycles. The maximum atomic E-state index is 12.4. The van der Waals surface area contributed by atoms with E-state index in [2.05, 4.69) is 26.6 Å². The minimum absolute atomic E-state index is 0.0968. The van der Waals surface area contributed by atoms with Gasteiger partial charge in [0.15, 0.2) is 0 Å². The van der Waals surface area contributed by atoms with Gasteiger partial charge < -0.3 is 10.6 Å². The van der Waals surface area contributed by atoms with Crippen molar-refractivity contribution >= 4 is 39.1 Å². The van der Waals surface area contributed by atoms with Crippen LogP contribution in [0.3, 0.4) is 0 Å². The zero-order valence-corrected chi connectivity index (χ0v) is 15.4. The normalized spacial score (nSPS) is 13.2. The lowest BCUT2D eigenvalue weighted by Crippen LogP contribution is -2.33. The first-order valence-corrected chi connectivity index (χ1v) is 8.99. The van der Waals surface area contributed by atoms with E-state index in [1.54, 1.807) is 0 Å². The summed E-state index contributed by atoms with van der Waals surface area (Å²) in [5.41, 5.74) is 1.02. The van der Waals surface area contributed by atoms with Crippen molar-refractivity contribution in [3.05, 3.63) is 56.7 Å². The van der Waals surface area contributed by atoms with Crippen LogP contribution in [0.25, 0.3) is 0 Å². The Balaban J connectivity index is 2.02. The molecule has 0 saturated heterocycles. The van der Waals surface area contributed by atoms with Crippen LogP contribution in [0.15, 0.2) is 46.3 Å². The van der Waals surface area contributed by atoms with Gasteiger partial charge in [-0.2, -0.15) is 0 Å². The number of nitrogens with one attached hydrogen (secondary N) is 2. The number of hydrogen-bond acceptors (Lipinski definition) is 3. The van der Waals surface area contributed by atoms with E-state index in [9.17, 15) is 9.59 Å². The summed E-state index contributed by atoms with van der Waals surface area (Å²) in [5.74, 6) is -0.240. The molecule has 2 atom stereocenters. The molecule has 23 heavy (non-hydrogen) atoms. The van der Waals surface area contributed by atoms with Gasteiger partial charge in [-0.25, -0.2) is 0 Å². The molecular formula is C17H19BrN2O2S. The molecule has 1 aromatic carbocycles. The highest BCUT2D eigenvalue weighted by atomic mass is 79.9. The van der Waals surface area contributed by atoms with Gasteiger partial charge in [0.05, 0.1) is 18.5 Å². The smallest absolute Gasteiger partial charge is 0.222 e. The van der Waals surface area contributed by atoms with Gasteiger partial charge in [0, 0.05) is 16.3 Å². The summed E-state index contributed by atoms with van der Waals surface area (Å²) in [6.45, 7) is 3.40. The van der Waals surface area contributed by atoms with Gasteiger partial charge in [-0.15, -0.1) is 11.3 Å². The lowest BCUT2D eigenvalue weighted by molar-refractivity contribution is -0.123. The van der Waals surface area contributed by atoms with E-state index >= 15 is 0 Å². The number of halogens is 1. The Morgan fingerprint density at radius 1 is 1.17 bits per heavy atom. The fourth-order valence-corrected chi connectivity index (χ4v) is 3.75. The van der Waals surface area contributed by atoms with Crippen molar-refractivity contribution in [3.63, 3.8) is 0 Å². The predicted octanol–water partition coefficient (Wildman–Crippen LogP) is 3.96. The van der Waals surface area contributed by atoms with E-state index < -0.39 is 0 Å². The Morgan fingerprint density at radius 2 is 1.91 bits per heavy atom. The van der Waals surface area contributed by atoms with Crippen molar-refractivity contribution in [1.29, 1.82) is 0 Å². The SMILES string of the molecule is CC(=O)N[C@H](CC(=O)N[C@H](C)c1ccccc1Br)c1cccs1. The van der Waals surface area contributed by atoms with Gasteiger partial charge in [0.1, 0.15) is 0 Å². The van der Waals surface area contributed by atoms with E-state index in [1.165, 1.54) is 18.3 Å². The topological polar surface area (TPSA) is 58.2 Å². The van der Waals surface area contributed by atoms with Crippen LogP contribution in [0.2, 0.25) is 0 Å². The molecule has 4 nitrogen and oxygen atoms in total. The summed E-state index contributed by atoms with van der Waals surface area (Å²) < 4.78 is 0.962. The maximum absolute atomic E-state index is 12.4. The molecule has 6 heteroatoms. The summed E-state index contributed by atoms with van der Waals surface area (Å²) in [6, 6.07) is 11.2. The summed E-state index contributed by atoms with van der Waals surface area (Å²) in [7, 11) is 0. The molecule has 0 radical (unpaired) electrons. The summed E-state index contributed by atoms with van der Waals surface area (Å²) >= 11 is 5.03. The summed E-state index contributed by atoms with van der Waals surface area (Å²) in [6.07, 6.45) is 0.217. The zero-order valence-electron chi connectivity index (χ0n) is 13.0. The van der Waals surface area contributed by atoms with Crippen molar-refractivity contribution < 1.29 is 9.59 Å². The Morgan fingerprint density at radius 3 is 2.52 bits per heavy atom. The van der Waals surface area contributed by atoms with Crippen LogP contribution in [0.4, 0.5) is 0 Å². The lowest BCUT2D eigenvalue weighted by Gasteiger charge is -2.19. The highest BCUT2D eigenvalue weighted by Gasteiger charge is 2.20. The molecule has 0 saturated carbocycles. The van der Waals surface area contributed by atoms with E-state index in [-0.39, 0.29) is 30.3 Å². The Kier molecular flexibility index (Phi) is 6.36. The van der Waals surface area contributed by atoms with Crippen LogP contribution < -0.4 is 10.6 Å². The second-order valence-electron chi connectivity index (χ2n) is 5.28. The van der Waals surface area contributed by atoms with E-state index in [1.807, 2.05) is 48.7 Å². The second kappa shape index (κ2) is 8.26. The fourth-order valence-electron chi connectivity index (χ4n) is 2.35. The molecule has 0 aliphatic rings. The summed E-state index contributed by atoms with van der Waals surface area (Å²) in [4.78, 5) is 24.7. The Labute approximate surface area is 148 Å². The van der Waals surface area contributed by atoms with Crippen molar-refractivity contribution in [2.24, 2.45) is 0 Å². The molecule has 0 bridgehead atoms. The lowest BCUT2D eigenvalue weighted by atomic mass is 10.1. The number of benzene rings is 1. The first-order chi connectivity index (χ1) is 11.0. The molecule has 2 rings (SSSR count). The third-order valence-electron chi connectivity index (χ3n) is 3.40. The van der Waals surface area contributed by atoms with Gasteiger partial charge in [0.2, 0.25) is 11.8 Å². The Hall–Kier alpha value is -1.66. The van der Waals surface area contributed by atoms with Crippen molar-refractivity contribution in [3.8, 4) is 0 Å². The van der Waals surface area contributed by atoms with Gasteiger partial charge in [-0.1, -0.05) is 40.2 Å². The number of carbonyl (C=O) groups is 2. The highest BCUT2D eigenvalue weighted by molar-refractivity contribution is 9.10. The summed E-state index contributed by atoms with van der Waals surface area (Å²) in [5, 5.41) is 7.76. The first-order valence-electron chi connectivity index (χ1n) is 7.31. The minimum Gasteiger partial charge on any atom is -0.349 e. The van der Waals surface area contributed by atoms with Gasteiger partial charge in [-0.05, 0) is 30.0 Å². The molecule has 1 heterocycles. The number of thiophene rings is 1. The average molecular weight is 395 g/mol. The molecule has 0 unspecified atom stereocenters. The monoisotopic (exact) mass is 394 g/mol. The second-order valence-corrected chi connectivity index (χ2v) is 7.12. The van der Waals surface area contributed by atoms with Crippen LogP contribution in [0, 0.1) is 0 Å². The Bertz CT molecular complexity index is 673. The molecule has 2 amide bonds. The van der Waals surface area contributed by atoms with Crippen molar-refractivity contribution in [2.45, 2.75) is 32.4 Å². The molecule has 0 fully saturated rings. The van der Waals surface area contributed by atoms with Crippen molar-refractivity contribution in [2.75, 3.05) is 0 Å². The van der Waals surface area contributed by atoms with E-state index in [0.717, 1.165) is 14.9 Å². The number of hydrogen-bond donors (Lipinski definition) is 2. The molecule has 0 aliphatic carbocycles. The predicted molar refractivity (Wildman–Crippen MR) is 96.2 cm³/mol. The number of carbonyl (C=O) groups excluding carboxylic acids is 2. The van der Waals surface area contributed by atoms with E-state index in [0.29, 0.717) is 0 Å². The van der Waals surface area contributed by atoms with E-state index in [4.69, 9.17) is 0 Å². The van der Waals surface area contributed by atoms with Crippen LogP contribution >= 0.6 is 27.3 Å². The van der Waals surface area contributed by atoms with Gasteiger partial charge in [-0.3, -0.25) is 9.59 Å². The number of rotatable bonds is 6. The minimum atomic E-state index is -0.293. The fraction of sp³-hybridized carbons (Fsp3) is 0.294. The van der Waals surface area contributed by atoms with Crippen LogP contribution in [0.1, 0.15) is 42.8 Å². The highest BCUT2D eigenvalue weighted by Crippen LogP contribution is 2.25. The van der Waals surface area contributed by atoms with Crippen LogP contribution in [-0.2, 0) is 9.59 Å². The third kappa shape index (κ3) is 5.18. The van der Waals surface area contributed by atoms with Crippen LogP contribution in [-0.4, -0.2) is 11.8 Å². The third-order valence-corrected chi connectivity index (χ3v) is 5.11. The molecule has 1 aromatic heterocycles. The first kappa shape index (κ1) is 17.7. The van der Waals surface area contributed by atoms with Gasteiger partial charge in [0.25, 0.3) is 0 Å². The van der Waals surface area contributed by atoms with Crippen molar-refractivity contribution in [1.82, 2.24) is 10.6 Å². The quantitative estimate of drug-likeness (QED) is 0.778. The zero-order chi connectivity index (χ0) is 16.8. The maximum Gasteiger partial charge on any atom is 0.222 e. The molecule has 2 aromatic rings. The largest absolute Gasteiger partial charge is 0.349 e. The number of amides is 2. The average Bonchev–Trinajstić information content (AvgIpc) is 3.00. The standard InChI is InChI=1S/C17H19BrN2O2S/c1-11(13-6-3-4-7-14(13)18)19-17(22)10-15(20-12(2)21)16-8-5-9-23-16/h3-9,11,15H,10H2,1-2H3,(H,19,22)(H,20,21)/t11-,15-/m1/s1. The molecule has 122 valence electrons.